The maximum Gasteiger partial charge on any atom is 0.183 e. The third-order valence-corrected chi connectivity index (χ3v) is 4.60. The molecule has 0 aliphatic heterocycles. The first-order valence-electron chi connectivity index (χ1n) is 4.09. The van der Waals surface area contributed by atoms with Crippen molar-refractivity contribution in [2.75, 3.05) is 6.61 Å². The van der Waals surface area contributed by atoms with Crippen molar-refractivity contribution < 1.29 is 13.5 Å². The van der Waals surface area contributed by atoms with E-state index >= 15 is 0 Å². The SMILES string of the molecule is CC(CO)S(=O)(=O)c1ccc(Br)cc1. The van der Waals surface area contributed by atoms with Crippen molar-refractivity contribution in [1.29, 1.82) is 0 Å². The first-order chi connectivity index (χ1) is 6.48. The van der Waals surface area contributed by atoms with E-state index in [-0.39, 0.29) is 11.5 Å². The van der Waals surface area contributed by atoms with Crippen LogP contribution in [0.2, 0.25) is 0 Å². The molecule has 1 atom stereocenters. The minimum Gasteiger partial charge on any atom is -0.395 e. The Kier molecular flexibility index (Phi) is 3.69. The number of benzene rings is 1. The van der Waals surface area contributed by atoms with Gasteiger partial charge in [0.05, 0.1) is 16.8 Å². The van der Waals surface area contributed by atoms with E-state index in [2.05, 4.69) is 15.9 Å². The van der Waals surface area contributed by atoms with E-state index in [1.807, 2.05) is 0 Å². The van der Waals surface area contributed by atoms with Crippen LogP contribution in [0.5, 0.6) is 0 Å². The Labute approximate surface area is 91.8 Å². The van der Waals surface area contributed by atoms with Crippen LogP contribution in [0.1, 0.15) is 6.92 Å². The number of aliphatic hydroxyl groups excluding tert-OH is 1. The molecule has 1 aromatic carbocycles. The molecule has 1 N–H and O–H groups in total. The summed E-state index contributed by atoms with van der Waals surface area (Å²) in [5, 5.41) is 8.04. The topological polar surface area (TPSA) is 54.4 Å². The van der Waals surface area contributed by atoms with Crippen molar-refractivity contribution >= 4 is 25.8 Å². The summed E-state index contributed by atoms with van der Waals surface area (Å²) in [5.41, 5.74) is 0. The number of hydrogen-bond donors (Lipinski definition) is 1. The molecule has 0 radical (unpaired) electrons. The van der Waals surface area contributed by atoms with Crippen molar-refractivity contribution in [2.45, 2.75) is 17.1 Å². The van der Waals surface area contributed by atoms with E-state index in [0.29, 0.717) is 0 Å². The van der Waals surface area contributed by atoms with Gasteiger partial charge in [-0.2, -0.15) is 0 Å². The quantitative estimate of drug-likeness (QED) is 0.914. The molecule has 3 nitrogen and oxygen atoms in total. The van der Waals surface area contributed by atoms with Crippen LogP contribution < -0.4 is 0 Å². The van der Waals surface area contributed by atoms with Gasteiger partial charge in [0.15, 0.2) is 9.84 Å². The van der Waals surface area contributed by atoms with Crippen LogP contribution >= 0.6 is 15.9 Å². The van der Waals surface area contributed by atoms with Crippen molar-refractivity contribution in [1.82, 2.24) is 0 Å². The number of hydrogen-bond acceptors (Lipinski definition) is 3. The standard InChI is InChI=1S/C9H11BrO3S/c1-7(6-11)14(12,13)9-4-2-8(10)3-5-9/h2-5,7,11H,6H2,1H3. The first kappa shape index (κ1) is 11.7. The van der Waals surface area contributed by atoms with Gasteiger partial charge in [-0.15, -0.1) is 0 Å². The van der Waals surface area contributed by atoms with Gasteiger partial charge in [0.1, 0.15) is 0 Å². The Bertz CT molecular complexity index is 397. The van der Waals surface area contributed by atoms with Crippen LogP contribution in [-0.4, -0.2) is 25.4 Å². The zero-order chi connectivity index (χ0) is 10.8. The lowest BCUT2D eigenvalue weighted by molar-refractivity contribution is 0.295. The molecule has 0 saturated carbocycles. The Morgan fingerprint density at radius 3 is 2.29 bits per heavy atom. The lowest BCUT2D eigenvalue weighted by Crippen LogP contribution is -2.21. The monoisotopic (exact) mass is 278 g/mol. The summed E-state index contributed by atoms with van der Waals surface area (Å²) in [4.78, 5) is 0.238. The smallest absolute Gasteiger partial charge is 0.183 e. The van der Waals surface area contributed by atoms with E-state index in [1.54, 1.807) is 12.1 Å². The molecule has 14 heavy (non-hydrogen) atoms. The number of halogens is 1. The molecule has 0 heterocycles. The van der Waals surface area contributed by atoms with Gasteiger partial charge in [-0.05, 0) is 31.2 Å². The van der Waals surface area contributed by atoms with Crippen LogP contribution in [0.25, 0.3) is 0 Å². The van der Waals surface area contributed by atoms with E-state index in [0.717, 1.165) is 4.47 Å². The Hall–Kier alpha value is -0.390. The molecule has 0 spiro atoms. The fraction of sp³-hybridized carbons (Fsp3) is 0.333. The molecule has 0 aliphatic carbocycles. The molecule has 0 saturated heterocycles. The second-order valence-corrected chi connectivity index (χ2v) is 6.27. The van der Waals surface area contributed by atoms with Gasteiger partial charge in [0, 0.05) is 4.47 Å². The molecule has 0 bridgehead atoms. The minimum atomic E-state index is -3.38. The fourth-order valence-electron chi connectivity index (χ4n) is 0.955. The summed E-state index contributed by atoms with van der Waals surface area (Å²) in [7, 11) is -3.38. The van der Waals surface area contributed by atoms with E-state index < -0.39 is 15.1 Å². The number of sulfone groups is 1. The molecule has 0 amide bonds. The molecule has 78 valence electrons. The predicted molar refractivity (Wildman–Crippen MR) is 57.9 cm³/mol. The normalized spacial score (nSPS) is 13.9. The lowest BCUT2D eigenvalue weighted by atomic mass is 10.4. The lowest BCUT2D eigenvalue weighted by Gasteiger charge is -2.09. The molecule has 0 aliphatic rings. The average molecular weight is 279 g/mol. The highest BCUT2D eigenvalue weighted by molar-refractivity contribution is 9.10. The van der Waals surface area contributed by atoms with Crippen LogP contribution in [0, 0.1) is 0 Å². The van der Waals surface area contributed by atoms with Crippen molar-refractivity contribution in [3.63, 3.8) is 0 Å². The Morgan fingerprint density at radius 1 is 1.36 bits per heavy atom. The van der Waals surface area contributed by atoms with E-state index in [9.17, 15) is 8.42 Å². The number of aliphatic hydroxyl groups is 1. The van der Waals surface area contributed by atoms with Crippen molar-refractivity contribution in [2.24, 2.45) is 0 Å². The molecule has 0 aromatic heterocycles. The minimum absolute atomic E-state index is 0.238. The van der Waals surface area contributed by atoms with Crippen LogP contribution in [0.3, 0.4) is 0 Å². The number of rotatable bonds is 3. The van der Waals surface area contributed by atoms with Crippen molar-refractivity contribution in [3.05, 3.63) is 28.7 Å². The van der Waals surface area contributed by atoms with Crippen molar-refractivity contribution in [3.8, 4) is 0 Å². The van der Waals surface area contributed by atoms with Gasteiger partial charge in [-0.1, -0.05) is 15.9 Å². The second kappa shape index (κ2) is 4.42. The largest absolute Gasteiger partial charge is 0.395 e. The molecule has 1 unspecified atom stereocenters. The van der Waals surface area contributed by atoms with E-state index in [4.69, 9.17) is 5.11 Å². The molecule has 0 fully saturated rings. The molecule has 5 heteroatoms. The summed E-state index contributed by atoms with van der Waals surface area (Å²) >= 11 is 3.22. The summed E-state index contributed by atoms with van der Waals surface area (Å²) in [6.07, 6.45) is 0. The Morgan fingerprint density at radius 2 is 1.86 bits per heavy atom. The highest BCUT2D eigenvalue weighted by Gasteiger charge is 2.21. The fourth-order valence-corrected chi connectivity index (χ4v) is 2.40. The summed E-state index contributed by atoms with van der Waals surface area (Å²) in [6.45, 7) is 1.12. The van der Waals surface area contributed by atoms with E-state index in [1.165, 1.54) is 19.1 Å². The zero-order valence-corrected chi connectivity index (χ0v) is 10.0. The summed E-state index contributed by atoms with van der Waals surface area (Å²) in [5.74, 6) is 0. The first-order valence-corrected chi connectivity index (χ1v) is 6.42. The molecule has 1 aromatic rings. The van der Waals surface area contributed by atoms with Crippen LogP contribution in [0.4, 0.5) is 0 Å². The van der Waals surface area contributed by atoms with Gasteiger partial charge < -0.3 is 5.11 Å². The van der Waals surface area contributed by atoms with Gasteiger partial charge in [0.25, 0.3) is 0 Å². The third-order valence-electron chi connectivity index (χ3n) is 1.93. The summed E-state index contributed by atoms with van der Waals surface area (Å²) < 4.78 is 24.2. The molecular weight excluding hydrogens is 268 g/mol. The molecule has 1 rings (SSSR count). The van der Waals surface area contributed by atoms with Gasteiger partial charge in [-0.3, -0.25) is 0 Å². The van der Waals surface area contributed by atoms with Gasteiger partial charge in [-0.25, -0.2) is 8.42 Å². The maximum absolute atomic E-state index is 11.7. The van der Waals surface area contributed by atoms with Gasteiger partial charge in [0.2, 0.25) is 0 Å². The predicted octanol–water partition coefficient (Wildman–Crippen LogP) is 1.60. The van der Waals surface area contributed by atoms with Gasteiger partial charge >= 0.3 is 0 Å². The average Bonchev–Trinajstić information content (AvgIpc) is 2.17. The molecular formula is C9H11BrO3S. The zero-order valence-electron chi connectivity index (χ0n) is 7.64. The summed E-state index contributed by atoms with van der Waals surface area (Å²) in [6, 6.07) is 6.37. The second-order valence-electron chi connectivity index (χ2n) is 2.99. The Balaban J connectivity index is 3.11. The third kappa shape index (κ3) is 2.34. The van der Waals surface area contributed by atoms with Crippen LogP contribution in [0.15, 0.2) is 33.6 Å². The maximum atomic E-state index is 11.7. The van der Waals surface area contributed by atoms with Crippen LogP contribution in [-0.2, 0) is 9.84 Å². The highest BCUT2D eigenvalue weighted by atomic mass is 79.9. The highest BCUT2D eigenvalue weighted by Crippen LogP contribution is 2.18.